The van der Waals surface area contributed by atoms with Crippen molar-refractivity contribution in [3.05, 3.63) is 275 Å². The molecule has 0 bridgehead atoms. The van der Waals surface area contributed by atoms with Crippen LogP contribution in [0.1, 0.15) is 33.4 Å². The van der Waals surface area contributed by atoms with Gasteiger partial charge in [-0.2, -0.15) is 0 Å². The Kier molecular flexibility index (Phi) is 14.9. The quantitative estimate of drug-likeness (QED) is 0.0909. The summed E-state index contributed by atoms with van der Waals surface area (Å²) >= 11 is 0. The molecule has 6 rings (SSSR count). The number of hydrogen-bond donors (Lipinski definition) is 0. The molecule has 0 aromatic heterocycles. The highest BCUT2D eigenvalue weighted by atomic mass is 16.5. The maximum Gasteiger partial charge on any atom is 0.0961 e. The summed E-state index contributed by atoms with van der Waals surface area (Å²) in [5.74, 6) is 0. The normalized spacial score (nSPS) is 12.9. The molecule has 0 aliphatic carbocycles. The molecule has 0 amide bonds. The fourth-order valence-corrected chi connectivity index (χ4v) is 5.74. The first-order chi connectivity index (χ1) is 27.2. The van der Waals surface area contributed by atoms with Crippen LogP contribution in [0.2, 0.25) is 0 Å². The van der Waals surface area contributed by atoms with Crippen LogP contribution in [0.3, 0.4) is 0 Å². The minimum Gasteiger partial charge on any atom is -0.359 e. The zero-order valence-electron chi connectivity index (χ0n) is 31.0. The van der Waals surface area contributed by atoms with E-state index in [0.717, 1.165) is 44.5 Å². The van der Waals surface area contributed by atoms with Gasteiger partial charge in [0.2, 0.25) is 0 Å². The van der Waals surface area contributed by atoms with E-state index in [-0.39, 0.29) is 12.2 Å². The fraction of sp³-hybridized carbons (Fsp3) is 0.0370. The highest BCUT2D eigenvalue weighted by Crippen LogP contribution is 2.19. The lowest BCUT2D eigenvalue weighted by Gasteiger charge is -2.18. The Morgan fingerprint density at radius 2 is 0.509 bits per heavy atom. The van der Waals surface area contributed by atoms with Gasteiger partial charge in [0, 0.05) is 0 Å². The molecular formula is C54H46O. The Hall–Kier alpha value is -6.80. The van der Waals surface area contributed by atoms with Crippen molar-refractivity contribution in [2.75, 3.05) is 0 Å². The summed E-state index contributed by atoms with van der Waals surface area (Å²) < 4.78 is 7.10. The van der Waals surface area contributed by atoms with Gasteiger partial charge in [-0.25, -0.2) is 0 Å². The molecule has 1 heteroatoms. The van der Waals surface area contributed by atoms with E-state index in [9.17, 15) is 0 Å². The molecule has 0 fully saturated rings. The van der Waals surface area contributed by atoms with Gasteiger partial charge in [0.05, 0.1) is 12.2 Å². The molecular weight excluding hydrogens is 665 g/mol. The van der Waals surface area contributed by atoms with Gasteiger partial charge in [-0.05, 0) is 56.7 Å². The molecule has 55 heavy (non-hydrogen) atoms. The lowest BCUT2D eigenvalue weighted by atomic mass is 10.1. The van der Waals surface area contributed by atoms with Gasteiger partial charge >= 0.3 is 0 Å². The summed E-state index contributed by atoms with van der Waals surface area (Å²) in [7, 11) is 0. The maximum atomic E-state index is 7.10. The van der Waals surface area contributed by atoms with Gasteiger partial charge < -0.3 is 4.74 Å². The molecule has 0 heterocycles. The van der Waals surface area contributed by atoms with Crippen LogP contribution >= 0.6 is 0 Å². The monoisotopic (exact) mass is 710 g/mol. The van der Waals surface area contributed by atoms with Crippen LogP contribution in [0, 0.1) is 0 Å². The molecule has 0 saturated heterocycles. The lowest BCUT2D eigenvalue weighted by molar-refractivity contribution is 0.0968. The van der Waals surface area contributed by atoms with Crippen LogP contribution in [-0.4, -0.2) is 12.2 Å². The Bertz CT molecular complexity index is 1970. The molecule has 2 atom stereocenters. The van der Waals surface area contributed by atoms with Crippen molar-refractivity contribution >= 4 is 36.5 Å². The zero-order chi connectivity index (χ0) is 37.6. The minimum atomic E-state index is -0.379. The number of allylic oxidation sites excluding steroid dienone is 6. The van der Waals surface area contributed by atoms with Crippen molar-refractivity contribution in [1.29, 1.82) is 0 Å². The molecule has 0 N–H and O–H groups in total. The fourth-order valence-electron chi connectivity index (χ4n) is 5.74. The summed E-state index contributed by atoms with van der Waals surface area (Å²) in [6.07, 6.45) is 29.4. The van der Waals surface area contributed by atoms with E-state index in [2.05, 4.69) is 231 Å². The predicted molar refractivity (Wildman–Crippen MR) is 238 cm³/mol. The molecule has 0 spiro atoms. The molecule has 0 saturated carbocycles. The number of ether oxygens (including phenoxy) is 1. The standard InChI is InChI=1S/C54H46O/c1-7-19-45(20-8-1)31-35-51(36-32-46-21-9-2-10-22-46)43-53(41-39-49-27-15-5-16-28-49)55-54(42-40-50-29-17-6-18-30-50)44-52(37-33-47-23-11-3-12-24-47)38-34-48-25-13-4-14-26-48/h1-44,53-54H. The second-order valence-electron chi connectivity index (χ2n) is 12.9. The van der Waals surface area contributed by atoms with E-state index in [0.29, 0.717) is 0 Å². The van der Waals surface area contributed by atoms with Crippen molar-refractivity contribution in [1.82, 2.24) is 0 Å². The zero-order valence-corrected chi connectivity index (χ0v) is 31.0. The highest BCUT2D eigenvalue weighted by molar-refractivity contribution is 5.62. The van der Waals surface area contributed by atoms with E-state index in [4.69, 9.17) is 4.74 Å². The van der Waals surface area contributed by atoms with E-state index in [1.54, 1.807) is 0 Å². The van der Waals surface area contributed by atoms with Gasteiger partial charge in [0.25, 0.3) is 0 Å². The summed E-state index contributed by atoms with van der Waals surface area (Å²) in [6, 6.07) is 62.2. The van der Waals surface area contributed by atoms with Gasteiger partial charge in [0.1, 0.15) is 0 Å². The van der Waals surface area contributed by atoms with Crippen LogP contribution < -0.4 is 0 Å². The van der Waals surface area contributed by atoms with Crippen LogP contribution in [-0.2, 0) is 4.74 Å². The van der Waals surface area contributed by atoms with Crippen molar-refractivity contribution in [3.63, 3.8) is 0 Å². The number of benzene rings is 6. The second kappa shape index (κ2) is 21.7. The first-order valence-corrected chi connectivity index (χ1v) is 18.7. The first-order valence-electron chi connectivity index (χ1n) is 18.7. The van der Waals surface area contributed by atoms with Crippen LogP contribution in [0.25, 0.3) is 36.5 Å². The summed E-state index contributed by atoms with van der Waals surface area (Å²) in [6.45, 7) is 0. The molecule has 268 valence electrons. The average Bonchev–Trinajstić information content (AvgIpc) is 3.26. The largest absolute Gasteiger partial charge is 0.359 e. The Morgan fingerprint density at radius 1 is 0.291 bits per heavy atom. The third kappa shape index (κ3) is 13.9. The summed E-state index contributed by atoms with van der Waals surface area (Å²) in [5.41, 5.74) is 8.79. The second-order valence-corrected chi connectivity index (χ2v) is 12.9. The van der Waals surface area contributed by atoms with E-state index in [1.165, 1.54) is 0 Å². The van der Waals surface area contributed by atoms with Crippen molar-refractivity contribution in [2.24, 2.45) is 0 Å². The number of rotatable bonds is 16. The molecule has 6 aromatic carbocycles. The van der Waals surface area contributed by atoms with E-state index >= 15 is 0 Å². The van der Waals surface area contributed by atoms with Gasteiger partial charge in [-0.1, -0.05) is 255 Å². The molecule has 6 aromatic rings. The van der Waals surface area contributed by atoms with Gasteiger partial charge in [-0.3, -0.25) is 0 Å². The summed E-state index contributed by atoms with van der Waals surface area (Å²) in [4.78, 5) is 0. The lowest BCUT2D eigenvalue weighted by Crippen LogP contribution is -2.16. The molecule has 0 radical (unpaired) electrons. The first kappa shape index (κ1) is 37.9. The molecule has 0 aliphatic heterocycles. The van der Waals surface area contributed by atoms with Crippen molar-refractivity contribution < 1.29 is 4.74 Å². The van der Waals surface area contributed by atoms with Crippen molar-refractivity contribution in [3.8, 4) is 0 Å². The predicted octanol–water partition coefficient (Wildman–Crippen LogP) is 13.9. The van der Waals surface area contributed by atoms with E-state index in [1.807, 2.05) is 36.4 Å². The minimum absolute atomic E-state index is 0.379. The van der Waals surface area contributed by atoms with E-state index < -0.39 is 0 Å². The summed E-state index contributed by atoms with van der Waals surface area (Å²) in [5, 5.41) is 0. The Labute approximate surface area is 327 Å². The smallest absolute Gasteiger partial charge is 0.0961 e. The average molecular weight is 711 g/mol. The highest BCUT2D eigenvalue weighted by Gasteiger charge is 2.11. The van der Waals surface area contributed by atoms with Crippen molar-refractivity contribution in [2.45, 2.75) is 12.2 Å². The maximum absolute atomic E-state index is 7.10. The third-order valence-corrected chi connectivity index (χ3v) is 8.65. The topological polar surface area (TPSA) is 9.23 Å². The van der Waals surface area contributed by atoms with Crippen LogP contribution in [0.5, 0.6) is 0 Å². The van der Waals surface area contributed by atoms with Crippen LogP contribution in [0.4, 0.5) is 0 Å². The van der Waals surface area contributed by atoms with Gasteiger partial charge in [0.15, 0.2) is 0 Å². The Balaban J connectivity index is 1.43. The van der Waals surface area contributed by atoms with Crippen LogP contribution in [0.15, 0.2) is 242 Å². The SMILES string of the molecule is C(=Cc1ccccc1)C(C=Cc1ccccc1)=CC(C=Cc1ccccc1)OC(C=Cc1ccccc1)C=C(C=Cc1ccccc1)C=Cc1ccccc1. The third-order valence-electron chi connectivity index (χ3n) is 8.65. The molecule has 2 unspecified atom stereocenters. The molecule has 1 nitrogen and oxygen atoms in total. The number of hydrogen-bond acceptors (Lipinski definition) is 1. The molecule has 0 aliphatic rings. The van der Waals surface area contributed by atoms with Gasteiger partial charge in [-0.15, -0.1) is 0 Å². The Morgan fingerprint density at radius 3 is 0.745 bits per heavy atom.